The fraction of sp³-hybridized carbons (Fsp3) is 0.600. The Hall–Kier alpha value is -1.66. The van der Waals surface area contributed by atoms with Gasteiger partial charge in [0, 0.05) is 13.1 Å². The molecule has 116 valence electrons. The predicted octanol–water partition coefficient (Wildman–Crippen LogP) is 1.23. The van der Waals surface area contributed by atoms with Crippen LogP contribution in [0.1, 0.15) is 20.3 Å². The molecule has 1 fully saturated rings. The molecule has 0 bridgehead atoms. The zero-order chi connectivity index (χ0) is 15.2. The number of hydrogen-bond acceptors (Lipinski definition) is 5. The molecule has 1 aromatic heterocycles. The normalized spacial score (nSPS) is 16.9. The van der Waals surface area contributed by atoms with Gasteiger partial charge in [0.15, 0.2) is 0 Å². The fourth-order valence-electron chi connectivity index (χ4n) is 2.29. The predicted molar refractivity (Wildman–Crippen MR) is 83.3 cm³/mol. The third-order valence-corrected chi connectivity index (χ3v) is 3.41. The SMILES string of the molecule is CC(C)C[C@H](N)C(=O)Nc1ccc(N2CCOCC2)nc1. The third-order valence-electron chi connectivity index (χ3n) is 3.41. The van der Waals surface area contributed by atoms with Gasteiger partial charge in [-0.15, -0.1) is 0 Å². The van der Waals surface area contributed by atoms with E-state index in [2.05, 4.69) is 15.2 Å². The van der Waals surface area contributed by atoms with Crippen LogP contribution in [0, 0.1) is 5.92 Å². The summed E-state index contributed by atoms with van der Waals surface area (Å²) < 4.78 is 5.32. The third kappa shape index (κ3) is 4.68. The maximum absolute atomic E-state index is 11.9. The Morgan fingerprint density at radius 1 is 1.43 bits per heavy atom. The van der Waals surface area contributed by atoms with E-state index in [9.17, 15) is 4.79 Å². The fourth-order valence-corrected chi connectivity index (χ4v) is 2.29. The topological polar surface area (TPSA) is 80.5 Å². The van der Waals surface area contributed by atoms with Crippen LogP contribution in [0.5, 0.6) is 0 Å². The number of rotatable bonds is 5. The summed E-state index contributed by atoms with van der Waals surface area (Å²) in [7, 11) is 0. The molecule has 21 heavy (non-hydrogen) atoms. The van der Waals surface area contributed by atoms with Crippen molar-refractivity contribution in [1.29, 1.82) is 0 Å². The summed E-state index contributed by atoms with van der Waals surface area (Å²) in [4.78, 5) is 18.5. The van der Waals surface area contributed by atoms with Gasteiger partial charge in [0.25, 0.3) is 0 Å². The van der Waals surface area contributed by atoms with Gasteiger partial charge >= 0.3 is 0 Å². The molecule has 0 aromatic carbocycles. The molecule has 6 nitrogen and oxygen atoms in total. The molecule has 0 aliphatic carbocycles. The lowest BCUT2D eigenvalue weighted by Crippen LogP contribution is -2.37. The van der Waals surface area contributed by atoms with E-state index < -0.39 is 6.04 Å². The van der Waals surface area contributed by atoms with Gasteiger partial charge in [-0.05, 0) is 24.5 Å². The molecule has 0 saturated carbocycles. The first-order valence-electron chi connectivity index (χ1n) is 7.41. The second kappa shape index (κ2) is 7.38. The average Bonchev–Trinajstić information content (AvgIpc) is 2.48. The van der Waals surface area contributed by atoms with Crippen molar-refractivity contribution >= 4 is 17.4 Å². The van der Waals surface area contributed by atoms with Crippen LogP contribution >= 0.6 is 0 Å². The maximum atomic E-state index is 11.9. The number of carbonyl (C=O) groups is 1. The number of nitrogens with one attached hydrogen (secondary N) is 1. The Morgan fingerprint density at radius 3 is 2.71 bits per heavy atom. The molecule has 1 saturated heterocycles. The molecule has 6 heteroatoms. The summed E-state index contributed by atoms with van der Waals surface area (Å²) in [6.07, 6.45) is 2.34. The van der Waals surface area contributed by atoms with E-state index in [0.29, 0.717) is 18.0 Å². The van der Waals surface area contributed by atoms with Gasteiger partial charge < -0.3 is 20.7 Å². The molecular weight excluding hydrogens is 268 g/mol. The number of pyridine rings is 1. The van der Waals surface area contributed by atoms with Crippen LogP contribution in [-0.2, 0) is 9.53 Å². The number of carbonyl (C=O) groups excluding carboxylic acids is 1. The smallest absolute Gasteiger partial charge is 0.241 e. The molecule has 3 N–H and O–H groups in total. The molecule has 0 spiro atoms. The van der Waals surface area contributed by atoms with Gasteiger partial charge in [-0.1, -0.05) is 13.8 Å². The van der Waals surface area contributed by atoms with Gasteiger partial charge in [-0.2, -0.15) is 0 Å². The number of ether oxygens (including phenoxy) is 1. The second-order valence-corrected chi connectivity index (χ2v) is 5.73. The van der Waals surface area contributed by atoms with Crippen molar-refractivity contribution in [1.82, 2.24) is 4.98 Å². The van der Waals surface area contributed by atoms with Crippen molar-refractivity contribution in [3.63, 3.8) is 0 Å². The molecule has 2 heterocycles. The molecule has 1 atom stereocenters. The van der Waals surface area contributed by atoms with Crippen LogP contribution in [0.3, 0.4) is 0 Å². The maximum Gasteiger partial charge on any atom is 0.241 e. The monoisotopic (exact) mass is 292 g/mol. The minimum atomic E-state index is -0.482. The molecule has 0 radical (unpaired) electrons. The number of morpholine rings is 1. The van der Waals surface area contributed by atoms with Crippen molar-refractivity contribution in [2.24, 2.45) is 11.7 Å². The van der Waals surface area contributed by atoms with Gasteiger partial charge in [0.1, 0.15) is 5.82 Å². The van der Waals surface area contributed by atoms with Crippen LogP contribution in [0.2, 0.25) is 0 Å². The summed E-state index contributed by atoms with van der Waals surface area (Å²) >= 11 is 0. The van der Waals surface area contributed by atoms with Gasteiger partial charge in [0.2, 0.25) is 5.91 Å². The zero-order valence-electron chi connectivity index (χ0n) is 12.7. The van der Waals surface area contributed by atoms with E-state index >= 15 is 0 Å². The lowest BCUT2D eigenvalue weighted by atomic mass is 10.0. The van der Waals surface area contributed by atoms with Crippen LogP contribution in [0.4, 0.5) is 11.5 Å². The minimum Gasteiger partial charge on any atom is -0.378 e. The highest BCUT2D eigenvalue weighted by Gasteiger charge is 2.16. The van der Waals surface area contributed by atoms with Crippen LogP contribution in [0.15, 0.2) is 18.3 Å². The number of amides is 1. The summed E-state index contributed by atoms with van der Waals surface area (Å²) in [6, 6.07) is 3.29. The minimum absolute atomic E-state index is 0.162. The van der Waals surface area contributed by atoms with Crippen LogP contribution < -0.4 is 16.0 Å². The van der Waals surface area contributed by atoms with E-state index in [4.69, 9.17) is 10.5 Å². The first kappa shape index (κ1) is 15.7. The Balaban J connectivity index is 1.91. The Bertz CT molecular complexity index is 455. The highest BCUT2D eigenvalue weighted by Crippen LogP contribution is 2.16. The summed E-state index contributed by atoms with van der Waals surface area (Å²) in [6.45, 7) is 7.24. The zero-order valence-corrected chi connectivity index (χ0v) is 12.7. The van der Waals surface area contributed by atoms with Crippen molar-refractivity contribution in [3.8, 4) is 0 Å². The Labute approximate surface area is 125 Å². The Morgan fingerprint density at radius 2 is 2.14 bits per heavy atom. The van der Waals surface area contributed by atoms with E-state index in [1.807, 2.05) is 26.0 Å². The quantitative estimate of drug-likeness (QED) is 0.853. The molecule has 1 aromatic rings. The van der Waals surface area contributed by atoms with E-state index in [1.54, 1.807) is 6.20 Å². The first-order chi connectivity index (χ1) is 10.1. The second-order valence-electron chi connectivity index (χ2n) is 5.73. The Kier molecular flexibility index (Phi) is 5.52. The number of anilines is 2. The molecule has 1 aliphatic rings. The van der Waals surface area contributed by atoms with Crippen LogP contribution in [-0.4, -0.2) is 43.2 Å². The highest BCUT2D eigenvalue weighted by molar-refractivity contribution is 5.94. The number of aromatic nitrogens is 1. The summed E-state index contributed by atoms with van der Waals surface area (Å²) in [5, 5.41) is 2.81. The number of hydrogen-bond donors (Lipinski definition) is 2. The van der Waals surface area contributed by atoms with Gasteiger partial charge in [-0.3, -0.25) is 4.79 Å². The number of nitrogens with two attached hydrogens (primary N) is 1. The van der Waals surface area contributed by atoms with E-state index in [1.165, 1.54) is 0 Å². The molecular formula is C15H24N4O2. The van der Waals surface area contributed by atoms with Crippen molar-refractivity contribution in [3.05, 3.63) is 18.3 Å². The summed E-state index contributed by atoms with van der Waals surface area (Å²) in [5.74, 6) is 1.14. The lowest BCUT2D eigenvalue weighted by Gasteiger charge is -2.27. The molecule has 0 unspecified atom stereocenters. The lowest BCUT2D eigenvalue weighted by molar-refractivity contribution is -0.117. The van der Waals surface area contributed by atoms with Crippen LogP contribution in [0.25, 0.3) is 0 Å². The first-order valence-corrected chi connectivity index (χ1v) is 7.41. The van der Waals surface area contributed by atoms with E-state index in [0.717, 1.165) is 32.1 Å². The largest absolute Gasteiger partial charge is 0.378 e. The highest BCUT2D eigenvalue weighted by atomic mass is 16.5. The van der Waals surface area contributed by atoms with Crippen molar-refractivity contribution < 1.29 is 9.53 Å². The van der Waals surface area contributed by atoms with E-state index in [-0.39, 0.29) is 5.91 Å². The molecule has 1 amide bonds. The van der Waals surface area contributed by atoms with Crippen molar-refractivity contribution in [2.45, 2.75) is 26.3 Å². The van der Waals surface area contributed by atoms with Crippen molar-refractivity contribution in [2.75, 3.05) is 36.5 Å². The number of nitrogens with zero attached hydrogens (tertiary/aromatic N) is 2. The standard InChI is InChI=1S/C15H24N4O2/c1-11(2)9-13(16)15(20)18-12-3-4-14(17-10-12)19-5-7-21-8-6-19/h3-4,10-11,13H,5-9,16H2,1-2H3,(H,18,20)/t13-/m0/s1. The molecule has 2 rings (SSSR count). The average molecular weight is 292 g/mol. The van der Waals surface area contributed by atoms with Gasteiger partial charge in [0.05, 0.1) is 31.1 Å². The molecule has 1 aliphatic heterocycles. The summed E-state index contributed by atoms with van der Waals surface area (Å²) in [5.41, 5.74) is 6.54. The van der Waals surface area contributed by atoms with Gasteiger partial charge in [-0.25, -0.2) is 4.98 Å².